The van der Waals surface area contributed by atoms with Gasteiger partial charge in [-0.25, -0.2) is 8.42 Å². The standard InChI is InChI=1S/C6H9NO2S2/c1-2-11(8,9)4-6-3-7-5-10-6/h3,5H,2,4H2,1H3. The van der Waals surface area contributed by atoms with Gasteiger partial charge < -0.3 is 0 Å². The van der Waals surface area contributed by atoms with Crippen LogP contribution in [-0.4, -0.2) is 19.2 Å². The summed E-state index contributed by atoms with van der Waals surface area (Å²) in [5.74, 6) is 0.332. The maximum atomic E-state index is 11.0. The van der Waals surface area contributed by atoms with E-state index < -0.39 is 9.84 Å². The zero-order valence-corrected chi connectivity index (χ0v) is 7.78. The maximum Gasteiger partial charge on any atom is 0.155 e. The van der Waals surface area contributed by atoms with Gasteiger partial charge in [0, 0.05) is 16.8 Å². The molecule has 0 aromatic carbocycles. The molecule has 1 rings (SSSR count). The van der Waals surface area contributed by atoms with Crippen LogP contribution in [0.3, 0.4) is 0 Å². The minimum absolute atomic E-state index is 0.133. The van der Waals surface area contributed by atoms with Gasteiger partial charge in [0.05, 0.1) is 11.3 Å². The van der Waals surface area contributed by atoms with E-state index in [4.69, 9.17) is 0 Å². The van der Waals surface area contributed by atoms with Crippen molar-refractivity contribution in [2.75, 3.05) is 5.75 Å². The smallest absolute Gasteiger partial charge is 0.155 e. The highest BCUT2D eigenvalue weighted by Gasteiger charge is 2.09. The summed E-state index contributed by atoms with van der Waals surface area (Å²) in [4.78, 5) is 4.61. The van der Waals surface area contributed by atoms with Crippen LogP contribution in [0.15, 0.2) is 11.7 Å². The summed E-state index contributed by atoms with van der Waals surface area (Å²) < 4.78 is 22.1. The largest absolute Gasteiger partial charge is 0.253 e. The average molecular weight is 191 g/mol. The first kappa shape index (κ1) is 8.67. The van der Waals surface area contributed by atoms with Gasteiger partial charge in [0.2, 0.25) is 0 Å². The van der Waals surface area contributed by atoms with Gasteiger partial charge in [0.15, 0.2) is 9.84 Å². The van der Waals surface area contributed by atoms with Crippen LogP contribution in [0.25, 0.3) is 0 Å². The molecule has 0 bridgehead atoms. The summed E-state index contributed by atoms with van der Waals surface area (Å²) in [5, 5.41) is 0. The quantitative estimate of drug-likeness (QED) is 0.718. The molecule has 0 fully saturated rings. The van der Waals surface area contributed by atoms with Crippen LogP contribution in [0, 0.1) is 0 Å². The van der Waals surface area contributed by atoms with E-state index in [0.717, 1.165) is 4.88 Å². The van der Waals surface area contributed by atoms with E-state index in [-0.39, 0.29) is 11.5 Å². The Bertz CT molecular complexity index is 301. The highest BCUT2D eigenvalue weighted by atomic mass is 32.2. The molecule has 62 valence electrons. The van der Waals surface area contributed by atoms with Crippen LogP contribution in [0.2, 0.25) is 0 Å². The molecule has 3 nitrogen and oxygen atoms in total. The Kier molecular flexibility index (Phi) is 2.62. The van der Waals surface area contributed by atoms with Crippen LogP contribution >= 0.6 is 11.3 Å². The molecule has 1 heterocycles. The lowest BCUT2D eigenvalue weighted by atomic mass is 10.6. The number of aromatic nitrogens is 1. The van der Waals surface area contributed by atoms with Crippen molar-refractivity contribution in [2.45, 2.75) is 12.7 Å². The Morgan fingerprint density at radius 1 is 1.64 bits per heavy atom. The van der Waals surface area contributed by atoms with E-state index in [1.165, 1.54) is 11.3 Å². The third-order valence-corrected chi connectivity index (χ3v) is 3.88. The van der Waals surface area contributed by atoms with Gasteiger partial charge in [-0.15, -0.1) is 11.3 Å². The Morgan fingerprint density at radius 3 is 2.82 bits per heavy atom. The Hall–Kier alpha value is -0.420. The Morgan fingerprint density at radius 2 is 2.36 bits per heavy atom. The summed E-state index contributed by atoms with van der Waals surface area (Å²) in [5.41, 5.74) is 1.64. The van der Waals surface area contributed by atoms with Crippen molar-refractivity contribution in [1.82, 2.24) is 4.98 Å². The predicted octanol–water partition coefficient (Wildman–Crippen LogP) is 1.08. The topological polar surface area (TPSA) is 47.0 Å². The molecule has 0 saturated heterocycles. The van der Waals surface area contributed by atoms with E-state index in [1.54, 1.807) is 18.6 Å². The van der Waals surface area contributed by atoms with Crippen molar-refractivity contribution in [3.8, 4) is 0 Å². The van der Waals surface area contributed by atoms with Gasteiger partial charge in [0.1, 0.15) is 0 Å². The fourth-order valence-electron chi connectivity index (χ4n) is 0.632. The third-order valence-electron chi connectivity index (χ3n) is 1.29. The molecule has 0 unspecified atom stereocenters. The predicted molar refractivity (Wildman–Crippen MR) is 45.3 cm³/mol. The molecule has 0 aliphatic carbocycles. The summed E-state index contributed by atoms with van der Waals surface area (Å²) in [6.07, 6.45) is 1.60. The van der Waals surface area contributed by atoms with Crippen molar-refractivity contribution in [3.05, 3.63) is 16.6 Å². The van der Waals surface area contributed by atoms with Gasteiger partial charge in [-0.3, -0.25) is 4.98 Å². The highest BCUT2D eigenvalue weighted by molar-refractivity contribution is 7.90. The monoisotopic (exact) mass is 191 g/mol. The zero-order valence-electron chi connectivity index (χ0n) is 6.15. The molecule has 1 aromatic rings. The number of hydrogen-bond acceptors (Lipinski definition) is 4. The van der Waals surface area contributed by atoms with E-state index in [2.05, 4.69) is 4.98 Å². The molecule has 0 N–H and O–H groups in total. The van der Waals surface area contributed by atoms with Crippen molar-refractivity contribution in [3.63, 3.8) is 0 Å². The first-order chi connectivity index (χ1) is 5.14. The number of hydrogen-bond donors (Lipinski definition) is 0. The van der Waals surface area contributed by atoms with Gasteiger partial charge in [-0.1, -0.05) is 6.92 Å². The van der Waals surface area contributed by atoms with Gasteiger partial charge in [0.25, 0.3) is 0 Å². The molecule has 0 saturated carbocycles. The van der Waals surface area contributed by atoms with Crippen LogP contribution < -0.4 is 0 Å². The second-order valence-electron chi connectivity index (χ2n) is 2.14. The molecule has 0 radical (unpaired) electrons. The minimum atomic E-state index is -2.87. The first-order valence-corrected chi connectivity index (χ1v) is 5.92. The van der Waals surface area contributed by atoms with Crippen LogP contribution in [0.5, 0.6) is 0 Å². The lowest BCUT2D eigenvalue weighted by molar-refractivity contribution is 0.597. The third kappa shape index (κ3) is 2.59. The van der Waals surface area contributed by atoms with Gasteiger partial charge in [-0.05, 0) is 0 Å². The van der Waals surface area contributed by atoms with E-state index >= 15 is 0 Å². The van der Waals surface area contributed by atoms with E-state index in [9.17, 15) is 8.42 Å². The van der Waals surface area contributed by atoms with E-state index in [0.29, 0.717) is 0 Å². The molecule has 0 aliphatic rings. The average Bonchev–Trinajstić information content (AvgIpc) is 2.39. The number of rotatable bonds is 3. The molecular weight excluding hydrogens is 182 g/mol. The van der Waals surface area contributed by atoms with Gasteiger partial charge in [-0.2, -0.15) is 0 Å². The van der Waals surface area contributed by atoms with E-state index in [1.807, 2.05) is 0 Å². The molecule has 0 spiro atoms. The molecule has 0 atom stereocenters. The van der Waals surface area contributed by atoms with Crippen molar-refractivity contribution in [1.29, 1.82) is 0 Å². The Labute approximate surface area is 70.0 Å². The summed E-state index contributed by atoms with van der Waals surface area (Å²) in [6.45, 7) is 1.65. The lowest BCUT2D eigenvalue weighted by Gasteiger charge is -1.95. The van der Waals surface area contributed by atoms with Crippen molar-refractivity contribution >= 4 is 21.2 Å². The summed E-state index contributed by atoms with van der Waals surface area (Å²) in [7, 11) is -2.87. The SMILES string of the molecule is CCS(=O)(=O)Cc1cncs1. The molecule has 1 aromatic heterocycles. The second-order valence-corrected chi connectivity index (χ2v) is 5.47. The second kappa shape index (κ2) is 3.32. The summed E-state index contributed by atoms with van der Waals surface area (Å²) >= 11 is 1.37. The molecule has 11 heavy (non-hydrogen) atoms. The molecule has 0 amide bonds. The molecule has 0 aliphatic heterocycles. The fraction of sp³-hybridized carbons (Fsp3) is 0.500. The van der Waals surface area contributed by atoms with Crippen LogP contribution in [0.1, 0.15) is 11.8 Å². The molecule has 5 heteroatoms. The maximum absolute atomic E-state index is 11.0. The normalized spacial score (nSPS) is 11.7. The van der Waals surface area contributed by atoms with Crippen molar-refractivity contribution in [2.24, 2.45) is 0 Å². The number of nitrogens with zero attached hydrogens (tertiary/aromatic N) is 1. The minimum Gasteiger partial charge on any atom is -0.253 e. The number of sulfone groups is 1. The Balaban J connectivity index is 2.72. The van der Waals surface area contributed by atoms with Crippen LogP contribution in [-0.2, 0) is 15.6 Å². The zero-order chi connectivity index (χ0) is 8.32. The van der Waals surface area contributed by atoms with Crippen LogP contribution in [0.4, 0.5) is 0 Å². The van der Waals surface area contributed by atoms with Crippen molar-refractivity contribution < 1.29 is 8.42 Å². The molecular formula is C6H9NO2S2. The fourth-order valence-corrected chi connectivity index (χ4v) is 2.53. The summed E-state index contributed by atoms with van der Waals surface area (Å²) in [6, 6.07) is 0. The number of thiazole rings is 1. The highest BCUT2D eigenvalue weighted by Crippen LogP contribution is 2.10. The van der Waals surface area contributed by atoms with Gasteiger partial charge >= 0.3 is 0 Å². The first-order valence-electron chi connectivity index (χ1n) is 3.22. The lowest BCUT2D eigenvalue weighted by Crippen LogP contribution is -2.04.